The zero-order chi connectivity index (χ0) is 15.9. The van der Waals surface area contributed by atoms with Gasteiger partial charge < -0.3 is 9.64 Å². The van der Waals surface area contributed by atoms with E-state index < -0.39 is 5.60 Å². The van der Waals surface area contributed by atoms with Crippen molar-refractivity contribution in [2.75, 3.05) is 18.2 Å². The van der Waals surface area contributed by atoms with Gasteiger partial charge in [-0.1, -0.05) is 0 Å². The molecule has 2 bridgehead atoms. The molecule has 0 aromatic carbocycles. The van der Waals surface area contributed by atoms with Gasteiger partial charge in [-0.2, -0.15) is 0 Å². The van der Waals surface area contributed by atoms with Crippen molar-refractivity contribution in [1.29, 1.82) is 0 Å². The van der Waals surface area contributed by atoms with Crippen LogP contribution in [0.1, 0.15) is 46.5 Å². The van der Waals surface area contributed by atoms with Gasteiger partial charge in [0.05, 0.1) is 5.88 Å². The molecule has 0 aromatic heterocycles. The normalized spacial score (nSPS) is 31.5. The van der Waals surface area contributed by atoms with Crippen LogP contribution in [0.5, 0.6) is 0 Å². The van der Waals surface area contributed by atoms with Crippen LogP contribution in [0.2, 0.25) is 0 Å². The zero-order valence-electron chi connectivity index (χ0n) is 13.7. The number of thioether (sulfide) groups is 1. The van der Waals surface area contributed by atoms with Crippen molar-refractivity contribution in [1.82, 2.24) is 9.80 Å². The number of carbonyl (C=O) groups excluding carboxylic acids is 2. The smallest absolute Gasteiger partial charge is 0.411 e. The molecule has 1 aliphatic carbocycles. The van der Waals surface area contributed by atoms with Crippen molar-refractivity contribution < 1.29 is 14.3 Å². The molecule has 1 atom stereocenters. The predicted octanol–water partition coefficient (Wildman–Crippen LogP) is 2.70. The molecule has 0 unspecified atom stereocenters. The minimum Gasteiger partial charge on any atom is -0.444 e. The lowest BCUT2D eigenvalue weighted by Crippen LogP contribution is -2.63. The number of amides is 2. The Balaban J connectivity index is 1.80. The third-order valence-corrected chi connectivity index (χ3v) is 5.77. The van der Waals surface area contributed by atoms with Gasteiger partial charge in [0.25, 0.3) is 0 Å². The lowest BCUT2D eigenvalue weighted by Gasteiger charge is -2.50. The van der Waals surface area contributed by atoms with Crippen LogP contribution in [-0.4, -0.2) is 57.7 Å². The summed E-state index contributed by atoms with van der Waals surface area (Å²) in [6.07, 6.45) is 3.81. The Kier molecular flexibility index (Phi) is 4.32. The average Bonchev–Trinajstić information content (AvgIpc) is 2.99. The first-order valence-electron chi connectivity index (χ1n) is 8.24. The minimum atomic E-state index is -0.523. The molecular formula is C16H26N2O3S. The van der Waals surface area contributed by atoms with Gasteiger partial charge in [-0.3, -0.25) is 9.69 Å². The summed E-state index contributed by atoms with van der Waals surface area (Å²) in [4.78, 5) is 29.3. The van der Waals surface area contributed by atoms with E-state index in [1.807, 2.05) is 25.7 Å². The van der Waals surface area contributed by atoms with Crippen molar-refractivity contribution in [3.05, 3.63) is 0 Å². The average molecular weight is 326 g/mol. The second-order valence-electron chi connectivity index (χ2n) is 7.54. The molecule has 0 aromatic rings. The fourth-order valence-corrected chi connectivity index (χ4v) is 4.78. The number of rotatable bonds is 1. The molecule has 4 rings (SSSR count). The maximum absolute atomic E-state index is 12.9. The first-order valence-corrected chi connectivity index (χ1v) is 9.40. The van der Waals surface area contributed by atoms with Crippen LogP contribution in [0, 0.1) is 5.92 Å². The van der Waals surface area contributed by atoms with Crippen LogP contribution in [0.4, 0.5) is 4.79 Å². The van der Waals surface area contributed by atoms with E-state index in [0.29, 0.717) is 5.92 Å². The van der Waals surface area contributed by atoms with Gasteiger partial charge in [-0.25, -0.2) is 4.79 Å². The molecule has 0 spiro atoms. The standard InChI is InChI=1S/C16H26N2O3S/c1-16(2,3)21-15(20)18-12-6-4-11(5-7-12)13(18)14(19)17-8-9-22-10-17/h11-13H,4-10H2,1-3H3/t11?,12?,13-/m1/s1. The molecule has 0 N–H and O–H groups in total. The van der Waals surface area contributed by atoms with Crippen molar-refractivity contribution in [3.63, 3.8) is 0 Å². The maximum Gasteiger partial charge on any atom is 0.411 e. The van der Waals surface area contributed by atoms with Crippen LogP contribution < -0.4 is 0 Å². The molecule has 5 nitrogen and oxygen atoms in total. The highest BCUT2D eigenvalue weighted by atomic mass is 32.2. The van der Waals surface area contributed by atoms with Crippen molar-refractivity contribution >= 4 is 23.8 Å². The number of fused-ring (bicyclic) bond motifs is 3. The van der Waals surface area contributed by atoms with Gasteiger partial charge in [0.2, 0.25) is 5.91 Å². The number of hydrogen-bond donors (Lipinski definition) is 0. The highest BCUT2D eigenvalue weighted by molar-refractivity contribution is 7.99. The number of nitrogens with zero attached hydrogens (tertiary/aromatic N) is 2. The third kappa shape index (κ3) is 3.07. The highest BCUT2D eigenvalue weighted by Gasteiger charge is 2.50. The Morgan fingerprint density at radius 3 is 2.36 bits per heavy atom. The van der Waals surface area contributed by atoms with Gasteiger partial charge in [0.1, 0.15) is 11.6 Å². The van der Waals surface area contributed by atoms with Gasteiger partial charge in [0, 0.05) is 18.3 Å². The molecule has 124 valence electrons. The van der Waals surface area contributed by atoms with E-state index in [0.717, 1.165) is 43.9 Å². The number of hydrogen-bond acceptors (Lipinski definition) is 4. The Labute approximate surface area is 136 Å². The van der Waals surface area contributed by atoms with Gasteiger partial charge in [-0.15, -0.1) is 11.8 Å². The van der Waals surface area contributed by atoms with Gasteiger partial charge in [-0.05, 0) is 52.4 Å². The van der Waals surface area contributed by atoms with Crippen molar-refractivity contribution in [3.8, 4) is 0 Å². The maximum atomic E-state index is 12.9. The van der Waals surface area contributed by atoms with Crippen LogP contribution in [0.25, 0.3) is 0 Å². The van der Waals surface area contributed by atoms with E-state index in [2.05, 4.69) is 0 Å². The minimum absolute atomic E-state index is 0.130. The van der Waals surface area contributed by atoms with E-state index in [-0.39, 0.29) is 24.1 Å². The third-order valence-electron chi connectivity index (χ3n) is 4.80. The SMILES string of the molecule is CC(C)(C)OC(=O)N1C2CCC(CC2)[C@@H]1C(=O)N1CCSC1. The predicted molar refractivity (Wildman–Crippen MR) is 86.6 cm³/mol. The number of carbonyl (C=O) groups is 2. The quantitative estimate of drug-likeness (QED) is 0.743. The molecule has 4 aliphatic rings. The number of piperidine rings is 2. The molecule has 3 aliphatic heterocycles. The van der Waals surface area contributed by atoms with Crippen LogP contribution in [0.15, 0.2) is 0 Å². The van der Waals surface area contributed by atoms with E-state index in [1.54, 1.807) is 16.7 Å². The Hall–Kier alpha value is -0.910. The second-order valence-corrected chi connectivity index (χ2v) is 8.61. The monoisotopic (exact) mass is 326 g/mol. The fraction of sp³-hybridized carbons (Fsp3) is 0.875. The summed E-state index contributed by atoms with van der Waals surface area (Å²) in [6.45, 7) is 6.43. The lowest BCUT2D eigenvalue weighted by atomic mass is 9.74. The summed E-state index contributed by atoms with van der Waals surface area (Å²) in [6, 6.07) is -0.134. The number of ether oxygens (including phenoxy) is 1. The van der Waals surface area contributed by atoms with Crippen LogP contribution in [-0.2, 0) is 9.53 Å². The lowest BCUT2D eigenvalue weighted by molar-refractivity contribution is -0.144. The summed E-state index contributed by atoms with van der Waals surface area (Å²) in [5, 5.41) is 0. The van der Waals surface area contributed by atoms with Crippen LogP contribution in [0.3, 0.4) is 0 Å². The highest BCUT2D eigenvalue weighted by Crippen LogP contribution is 2.41. The van der Waals surface area contributed by atoms with E-state index in [9.17, 15) is 9.59 Å². The Bertz CT molecular complexity index is 449. The van der Waals surface area contributed by atoms with E-state index >= 15 is 0 Å². The molecule has 3 heterocycles. The van der Waals surface area contributed by atoms with Crippen molar-refractivity contribution in [2.24, 2.45) is 5.92 Å². The fourth-order valence-electron chi connectivity index (χ4n) is 3.82. The second kappa shape index (κ2) is 5.95. The molecule has 0 radical (unpaired) electrons. The first kappa shape index (κ1) is 16.0. The molecule has 1 saturated carbocycles. The summed E-state index contributed by atoms with van der Waals surface area (Å²) >= 11 is 1.78. The Morgan fingerprint density at radius 2 is 1.82 bits per heavy atom. The van der Waals surface area contributed by atoms with Gasteiger partial charge >= 0.3 is 6.09 Å². The molecule has 22 heavy (non-hydrogen) atoms. The molecule has 2 amide bonds. The van der Waals surface area contributed by atoms with Crippen molar-refractivity contribution in [2.45, 2.75) is 64.1 Å². The summed E-state index contributed by atoms with van der Waals surface area (Å²) < 4.78 is 5.58. The Morgan fingerprint density at radius 1 is 1.14 bits per heavy atom. The van der Waals surface area contributed by atoms with Crippen LogP contribution >= 0.6 is 11.8 Å². The van der Waals surface area contributed by atoms with E-state index in [1.165, 1.54) is 0 Å². The topological polar surface area (TPSA) is 49.9 Å². The summed E-state index contributed by atoms with van der Waals surface area (Å²) in [5.41, 5.74) is -0.523. The molecule has 3 saturated heterocycles. The molecule has 4 fully saturated rings. The summed E-state index contributed by atoms with van der Waals surface area (Å²) in [7, 11) is 0. The first-order chi connectivity index (χ1) is 10.4. The largest absolute Gasteiger partial charge is 0.444 e. The molecular weight excluding hydrogens is 300 g/mol. The van der Waals surface area contributed by atoms with E-state index in [4.69, 9.17) is 4.74 Å². The van der Waals surface area contributed by atoms with Gasteiger partial charge in [0.15, 0.2) is 0 Å². The molecule has 6 heteroatoms. The summed E-state index contributed by atoms with van der Waals surface area (Å²) in [5.74, 6) is 2.19. The zero-order valence-corrected chi connectivity index (χ0v) is 14.5.